The van der Waals surface area contributed by atoms with Crippen LogP contribution in [0.2, 0.25) is 0 Å². The van der Waals surface area contributed by atoms with Crippen LogP contribution in [0.4, 0.5) is 0 Å². The molecule has 2 bridgehead atoms. The normalized spacial score (nSPS) is 35.3. The number of hydrogen-bond acceptors (Lipinski definition) is 5. The van der Waals surface area contributed by atoms with Crippen LogP contribution >= 0.6 is 0 Å². The number of aromatic hydroxyl groups is 2. The average Bonchev–Trinajstić information content (AvgIpc) is 2.51. The van der Waals surface area contributed by atoms with Crippen LogP contribution in [0.3, 0.4) is 0 Å². The Balaban J connectivity index is 2.06. The lowest BCUT2D eigenvalue weighted by Gasteiger charge is -2.60. The number of carbonyl (C=O) groups excluding carboxylic acids is 1. The number of aliphatic hydroxyl groups excluding tert-OH is 1. The van der Waals surface area contributed by atoms with Crippen LogP contribution in [0.25, 0.3) is 0 Å². The molecule has 1 saturated heterocycles. The second-order valence-electron chi connectivity index (χ2n) is 8.89. The fraction of sp³-hybridized carbons (Fsp3) is 0.650. The van der Waals surface area contributed by atoms with E-state index in [1.165, 1.54) is 0 Å². The van der Waals surface area contributed by atoms with E-state index in [-0.39, 0.29) is 34.7 Å². The first kappa shape index (κ1) is 16.7. The van der Waals surface area contributed by atoms with Gasteiger partial charge in [0, 0.05) is 22.6 Å². The molecule has 2 aliphatic heterocycles. The lowest BCUT2D eigenvalue weighted by atomic mass is 9.46. The summed E-state index contributed by atoms with van der Waals surface area (Å²) in [5.74, 6) is -1.07. The number of aliphatic hydroxyl groups is 1. The Hall–Kier alpha value is -1.75. The van der Waals surface area contributed by atoms with E-state index in [4.69, 9.17) is 4.74 Å². The van der Waals surface area contributed by atoms with Crippen LogP contribution in [-0.4, -0.2) is 27.4 Å². The Bertz CT molecular complexity index is 766. The lowest BCUT2D eigenvalue weighted by molar-refractivity contribution is -0.213. The van der Waals surface area contributed by atoms with E-state index in [1.54, 1.807) is 6.07 Å². The fourth-order valence-corrected chi connectivity index (χ4v) is 5.71. The third kappa shape index (κ3) is 1.85. The van der Waals surface area contributed by atoms with Gasteiger partial charge < -0.3 is 20.1 Å². The zero-order chi connectivity index (χ0) is 18.3. The van der Waals surface area contributed by atoms with Crippen LogP contribution in [0.5, 0.6) is 11.5 Å². The van der Waals surface area contributed by atoms with Crippen molar-refractivity contribution in [1.29, 1.82) is 0 Å². The molecule has 0 amide bonds. The average molecular weight is 346 g/mol. The predicted octanol–water partition coefficient (Wildman–Crippen LogP) is 3.26. The van der Waals surface area contributed by atoms with Gasteiger partial charge in [-0.1, -0.05) is 34.1 Å². The number of fused-ring (bicyclic) bond motifs is 1. The molecule has 25 heavy (non-hydrogen) atoms. The molecule has 5 rings (SSSR count). The van der Waals surface area contributed by atoms with Gasteiger partial charge in [-0.3, -0.25) is 4.79 Å². The van der Waals surface area contributed by atoms with Crippen molar-refractivity contribution in [3.8, 4) is 11.5 Å². The van der Waals surface area contributed by atoms with E-state index >= 15 is 0 Å². The van der Waals surface area contributed by atoms with Crippen molar-refractivity contribution in [2.45, 2.75) is 70.5 Å². The second kappa shape index (κ2) is 4.91. The quantitative estimate of drug-likeness (QED) is 0.537. The standard InChI is InChI=1S/C20H26O5/c1-9(2)10-8-11-12(14(22)13(10)21)20-7-5-6-19(3,4)17(20)15(23)16(11)25-18(20)24/h8-9,15-17,21-23H,5-7H2,1-4H3/t15-,16?,17-,20-/m0/s1. The highest BCUT2D eigenvalue weighted by Crippen LogP contribution is 2.66. The Kier molecular flexibility index (Phi) is 3.28. The van der Waals surface area contributed by atoms with E-state index in [1.807, 2.05) is 13.8 Å². The highest BCUT2D eigenvalue weighted by atomic mass is 16.6. The van der Waals surface area contributed by atoms with Gasteiger partial charge in [0.25, 0.3) is 0 Å². The van der Waals surface area contributed by atoms with Gasteiger partial charge in [-0.2, -0.15) is 0 Å². The molecule has 136 valence electrons. The lowest BCUT2D eigenvalue weighted by Crippen LogP contribution is -2.65. The molecule has 1 spiro atoms. The minimum Gasteiger partial charge on any atom is -0.504 e. The van der Waals surface area contributed by atoms with E-state index < -0.39 is 17.6 Å². The number of rotatable bonds is 1. The molecule has 3 N–H and O–H groups in total. The number of esters is 1. The van der Waals surface area contributed by atoms with Crippen LogP contribution in [0, 0.1) is 11.3 Å². The first-order valence-electron chi connectivity index (χ1n) is 9.11. The zero-order valence-electron chi connectivity index (χ0n) is 15.2. The Morgan fingerprint density at radius 2 is 1.88 bits per heavy atom. The predicted molar refractivity (Wildman–Crippen MR) is 91.5 cm³/mol. The van der Waals surface area contributed by atoms with Crippen molar-refractivity contribution in [1.82, 2.24) is 0 Å². The molecule has 2 heterocycles. The van der Waals surface area contributed by atoms with Gasteiger partial charge in [0.1, 0.15) is 5.41 Å². The molecular weight excluding hydrogens is 320 g/mol. The van der Waals surface area contributed by atoms with Gasteiger partial charge in [0.15, 0.2) is 17.6 Å². The van der Waals surface area contributed by atoms with E-state index in [0.717, 1.165) is 12.8 Å². The second-order valence-corrected chi connectivity index (χ2v) is 8.89. The van der Waals surface area contributed by atoms with Crippen LogP contribution in [0.15, 0.2) is 6.07 Å². The molecule has 0 aromatic heterocycles. The molecular formula is C20H26O5. The highest BCUT2D eigenvalue weighted by molar-refractivity contribution is 5.90. The number of phenolic OH excluding ortho intramolecular Hbond substituents is 2. The molecule has 5 heteroatoms. The van der Waals surface area contributed by atoms with Crippen LogP contribution in [0.1, 0.15) is 75.7 Å². The third-order valence-corrected chi connectivity index (χ3v) is 6.72. The van der Waals surface area contributed by atoms with Crippen molar-refractivity contribution in [3.63, 3.8) is 0 Å². The zero-order valence-corrected chi connectivity index (χ0v) is 15.2. The number of phenols is 2. The Morgan fingerprint density at radius 1 is 1.20 bits per heavy atom. The van der Waals surface area contributed by atoms with Gasteiger partial charge in [0.05, 0.1) is 6.10 Å². The Morgan fingerprint density at radius 3 is 2.52 bits per heavy atom. The van der Waals surface area contributed by atoms with Crippen molar-refractivity contribution in [2.75, 3.05) is 0 Å². The molecule has 2 aliphatic carbocycles. The maximum absolute atomic E-state index is 13.0. The van der Waals surface area contributed by atoms with Gasteiger partial charge in [-0.25, -0.2) is 0 Å². The third-order valence-electron chi connectivity index (χ3n) is 6.72. The van der Waals surface area contributed by atoms with Gasteiger partial charge in [-0.15, -0.1) is 0 Å². The molecule has 4 aliphatic rings. The van der Waals surface area contributed by atoms with Gasteiger partial charge in [0.2, 0.25) is 0 Å². The van der Waals surface area contributed by atoms with Gasteiger partial charge >= 0.3 is 5.97 Å². The molecule has 1 saturated carbocycles. The minimum atomic E-state index is -1.08. The summed E-state index contributed by atoms with van der Waals surface area (Å²) >= 11 is 0. The van der Waals surface area contributed by atoms with Crippen molar-refractivity contribution in [3.05, 3.63) is 22.8 Å². The first-order chi connectivity index (χ1) is 11.6. The SMILES string of the molecule is CC(C)c1cc2c(c(O)c1O)[C@@]13CCCC(C)(C)[C@@H]1[C@@H](O)C2OC3=O. The summed E-state index contributed by atoms with van der Waals surface area (Å²) in [4.78, 5) is 13.0. The number of ether oxygens (including phenoxy) is 1. The van der Waals surface area contributed by atoms with E-state index in [0.29, 0.717) is 23.1 Å². The minimum absolute atomic E-state index is 0.000547. The summed E-state index contributed by atoms with van der Waals surface area (Å²) in [5.41, 5.74) is 0.405. The summed E-state index contributed by atoms with van der Waals surface area (Å²) in [6, 6.07) is 1.80. The molecule has 0 radical (unpaired) electrons. The largest absolute Gasteiger partial charge is 0.504 e. The summed E-state index contributed by atoms with van der Waals surface area (Å²) in [7, 11) is 0. The molecule has 2 fully saturated rings. The van der Waals surface area contributed by atoms with E-state index in [2.05, 4.69) is 13.8 Å². The van der Waals surface area contributed by atoms with Crippen LogP contribution < -0.4 is 0 Å². The Labute approximate surface area is 147 Å². The molecule has 1 aromatic rings. The number of hydrogen-bond donors (Lipinski definition) is 3. The van der Waals surface area contributed by atoms with Crippen molar-refractivity contribution >= 4 is 5.97 Å². The van der Waals surface area contributed by atoms with Gasteiger partial charge in [-0.05, 0) is 30.2 Å². The van der Waals surface area contributed by atoms with Crippen LogP contribution in [-0.2, 0) is 14.9 Å². The maximum atomic E-state index is 13.0. The number of benzene rings is 1. The molecule has 5 nitrogen and oxygen atoms in total. The summed E-state index contributed by atoms with van der Waals surface area (Å²) in [6.45, 7) is 7.98. The fourth-order valence-electron chi connectivity index (χ4n) is 5.71. The summed E-state index contributed by atoms with van der Waals surface area (Å²) in [5, 5.41) is 32.5. The smallest absolute Gasteiger partial charge is 0.317 e. The molecule has 4 atom stereocenters. The van der Waals surface area contributed by atoms with Crippen molar-refractivity contribution < 1.29 is 24.9 Å². The van der Waals surface area contributed by atoms with Crippen molar-refractivity contribution in [2.24, 2.45) is 11.3 Å². The monoisotopic (exact) mass is 346 g/mol. The first-order valence-corrected chi connectivity index (χ1v) is 9.11. The maximum Gasteiger partial charge on any atom is 0.317 e. The topological polar surface area (TPSA) is 87.0 Å². The highest BCUT2D eigenvalue weighted by Gasteiger charge is 2.68. The summed E-state index contributed by atoms with van der Waals surface area (Å²) < 4.78 is 5.63. The number of carbonyl (C=O) groups is 1. The molecule has 1 aromatic carbocycles. The van der Waals surface area contributed by atoms with E-state index in [9.17, 15) is 20.1 Å². The molecule has 1 unspecified atom stereocenters. The summed E-state index contributed by atoms with van der Waals surface area (Å²) in [6.07, 6.45) is 0.648.